The van der Waals surface area contributed by atoms with Crippen molar-refractivity contribution < 1.29 is 0 Å². The third-order valence-electron chi connectivity index (χ3n) is 10.5. The molecule has 0 fully saturated rings. The van der Waals surface area contributed by atoms with Crippen LogP contribution in [-0.4, -0.2) is 0 Å². The van der Waals surface area contributed by atoms with Crippen LogP contribution in [0.1, 0.15) is 25.0 Å². The zero-order valence-electron chi connectivity index (χ0n) is 28.3. The minimum atomic E-state index is -0.158. The Balaban J connectivity index is 1.30. The molecule has 0 radical (unpaired) electrons. The van der Waals surface area contributed by atoms with E-state index in [1.165, 1.54) is 72.1 Å². The third-order valence-corrected chi connectivity index (χ3v) is 10.5. The molecular formula is C49H37N. The predicted octanol–water partition coefficient (Wildman–Crippen LogP) is 13.6. The number of anilines is 3. The van der Waals surface area contributed by atoms with Crippen molar-refractivity contribution in [1.82, 2.24) is 0 Å². The van der Waals surface area contributed by atoms with E-state index in [1.807, 2.05) is 0 Å². The van der Waals surface area contributed by atoms with E-state index in [2.05, 4.69) is 207 Å². The molecule has 0 atom stereocenters. The summed E-state index contributed by atoms with van der Waals surface area (Å²) in [5.41, 5.74) is 15.8. The van der Waals surface area contributed by atoms with Gasteiger partial charge >= 0.3 is 0 Å². The molecule has 9 rings (SSSR count). The number of hydrogen-bond acceptors (Lipinski definition) is 1. The number of hydrogen-bond donors (Lipinski definition) is 0. The Hall–Kier alpha value is -6.18. The zero-order valence-corrected chi connectivity index (χ0v) is 28.3. The van der Waals surface area contributed by atoms with Crippen molar-refractivity contribution in [2.24, 2.45) is 0 Å². The smallest absolute Gasteiger partial charge is 0.0546 e. The Labute approximate surface area is 294 Å². The van der Waals surface area contributed by atoms with E-state index in [4.69, 9.17) is 0 Å². The third kappa shape index (κ3) is 5.02. The maximum atomic E-state index is 2.45. The predicted molar refractivity (Wildman–Crippen MR) is 213 cm³/mol. The van der Waals surface area contributed by atoms with Gasteiger partial charge in [-0.1, -0.05) is 166 Å². The molecule has 0 N–H and O–H groups in total. The molecule has 1 aliphatic rings. The van der Waals surface area contributed by atoms with Gasteiger partial charge in [-0.3, -0.25) is 0 Å². The van der Waals surface area contributed by atoms with Gasteiger partial charge in [-0.05, 0) is 97.2 Å². The molecule has 8 aromatic carbocycles. The molecule has 0 saturated heterocycles. The molecule has 0 saturated carbocycles. The highest BCUT2D eigenvalue weighted by Crippen LogP contribution is 2.54. The summed E-state index contributed by atoms with van der Waals surface area (Å²) in [5.74, 6) is 0. The Morgan fingerprint density at radius 3 is 1.40 bits per heavy atom. The summed E-state index contributed by atoms with van der Waals surface area (Å²) in [4.78, 5) is 2.45. The van der Waals surface area contributed by atoms with Crippen molar-refractivity contribution in [2.45, 2.75) is 19.3 Å². The lowest BCUT2D eigenvalue weighted by Crippen LogP contribution is -2.24. The molecule has 0 aliphatic heterocycles. The van der Waals surface area contributed by atoms with Crippen molar-refractivity contribution >= 4 is 27.8 Å². The fraction of sp³-hybridized carbons (Fsp3) is 0.0612. The fourth-order valence-corrected chi connectivity index (χ4v) is 7.89. The fourth-order valence-electron chi connectivity index (χ4n) is 7.89. The van der Waals surface area contributed by atoms with Gasteiger partial charge in [0.1, 0.15) is 0 Å². The van der Waals surface area contributed by atoms with Gasteiger partial charge in [-0.25, -0.2) is 0 Å². The first-order valence-electron chi connectivity index (χ1n) is 17.4. The molecule has 1 aliphatic carbocycles. The summed E-state index contributed by atoms with van der Waals surface area (Å²) >= 11 is 0. The maximum absolute atomic E-state index is 2.45. The Morgan fingerprint density at radius 2 is 0.860 bits per heavy atom. The van der Waals surface area contributed by atoms with Gasteiger partial charge in [0, 0.05) is 22.4 Å². The zero-order chi connectivity index (χ0) is 33.7. The molecule has 238 valence electrons. The van der Waals surface area contributed by atoms with Crippen LogP contribution >= 0.6 is 0 Å². The first-order valence-corrected chi connectivity index (χ1v) is 17.4. The monoisotopic (exact) mass is 639 g/mol. The molecule has 0 bridgehead atoms. The molecule has 0 heterocycles. The van der Waals surface area contributed by atoms with Crippen molar-refractivity contribution in [3.05, 3.63) is 199 Å². The molecule has 50 heavy (non-hydrogen) atoms. The van der Waals surface area contributed by atoms with E-state index in [0.717, 1.165) is 11.4 Å². The van der Waals surface area contributed by atoms with E-state index in [-0.39, 0.29) is 5.41 Å². The van der Waals surface area contributed by atoms with Crippen LogP contribution in [0.4, 0.5) is 17.1 Å². The first-order chi connectivity index (χ1) is 24.6. The SMILES string of the molecule is CC1(C)c2ccc(-c3ccccc3)cc2-c2c(N(c3ccc(-c4ccccc4)cc3)c3ccc(-c4ccccc4)cc3)ccc3cccc1c23. The van der Waals surface area contributed by atoms with Crippen LogP contribution in [0.3, 0.4) is 0 Å². The summed E-state index contributed by atoms with van der Waals surface area (Å²) in [6.07, 6.45) is 0. The van der Waals surface area contributed by atoms with Crippen LogP contribution in [0.2, 0.25) is 0 Å². The number of nitrogens with zero attached hydrogens (tertiary/aromatic N) is 1. The van der Waals surface area contributed by atoms with Crippen LogP contribution in [0.15, 0.2) is 188 Å². The Kier molecular flexibility index (Phi) is 7.21. The van der Waals surface area contributed by atoms with Crippen LogP contribution in [0.25, 0.3) is 55.3 Å². The summed E-state index contributed by atoms with van der Waals surface area (Å²) in [6.45, 7) is 4.75. The maximum Gasteiger partial charge on any atom is 0.0546 e. The van der Waals surface area contributed by atoms with Gasteiger partial charge in [0.2, 0.25) is 0 Å². The van der Waals surface area contributed by atoms with Crippen molar-refractivity contribution in [2.75, 3.05) is 4.90 Å². The van der Waals surface area contributed by atoms with Gasteiger partial charge in [0.15, 0.2) is 0 Å². The minimum absolute atomic E-state index is 0.158. The average Bonchev–Trinajstić information content (AvgIpc) is 3.18. The van der Waals surface area contributed by atoms with E-state index in [0.29, 0.717) is 0 Å². The van der Waals surface area contributed by atoms with Crippen LogP contribution in [0.5, 0.6) is 0 Å². The van der Waals surface area contributed by atoms with Gasteiger partial charge in [0.05, 0.1) is 5.69 Å². The van der Waals surface area contributed by atoms with Crippen molar-refractivity contribution in [3.8, 4) is 44.5 Å². The highest BCUT2D eigenvalue weighted by atomic mass is 15.1. The van der Waals surface area contributed by atoms with Gasteiger partial charge in [-0.15, -0.1) is 0 Å². The molecule has 0 amide bonds. The molecule has 1 heteroatoms. The number of benzene rings is 8. The van der Waals surface area contributed by atoms with E-state index in [9.17, 15) is 0 Å². The second-order valence-electron chi connectivity index (χ2n) is 13.8. The van der Waals surface area contributed by atoms with Gasteiger partial charge in [-0.2, -0.15) is 0 Å². The lowest BCUT2D eigenvalue weighted by Gasteiger charge is -2.38. The normalized spacial score (nSPS) is 12.8. The second kappa shape index (κ2) is 12.1. The van der Waals surface area contributed by atoms with Crippen LogP contribution in [-0.2, 0) is 5.41 Å². The molecular weight excluding hydrogens is 603 g/mol. The molecule has 0 aromatic heterocycles. The summed E-state index contributed by atoms with van der Waals surface area (Å²) < 4.78 is 0. The van der Waals surface area contributed by atoms with Crippen molar-refractivity contribution in [1.29, 1.82) is 0 Å². The summed E-state index contributed by atoms with van der Waals surface area (Å²) in [6, 6.07) is 68.6. The van der Waals surface area contributed by atoms with Crippen molar-refractivity contribution in [3.63, 3.8) is 0 Å². The number of fused-ring (bicyclic) bond motifs is 2. The standard InChI is InChI=1S/C49H37N/c1-49(2)44-31-25-40(36-17-10-5-11-18-36)33-43(44)48-46(32-26-39-19-12-20-45(49)47(39)48)50(41-27-21-37(22-28-41)34-13-6-3-7-14-34)42-29-23-38(24-30-42)35-15-8-4-9-16-35/h3-33H,1-2H3. The Morgan fingerprint density at radius 1 is 0.380 bits per heavy atom. The molecule has 1 nitrogen and oxygen atoms in total. The van der Waals surface area contributed by atoms with Gasteiger partial charge in [0.25, 0.3) is 0 Å². The second-order valence-corrected chi connectivity index (χ2v) is 13.8. The summed E-state index contributed by atoms with van der Waals surface area (Å²) in [5, 5.41) is 2.60. The van der Waals surface area contributed by atoms with E-state index >= 15 is 0 Å². The lowest BCUT2D eigenvalue weighted by molar-refractivity contribution is 0.645. The summed E-state index contributed by atoms with van der Waals surface area (Å²) in [7, 11) is 0. The first kappa shape index (κ1) is 29.9. The molecule has 0 spiro atoms. The lowest BCUT2D eigenvalue weighted by atomic mass is 9.67. The topological polar surface area (TPSA) is 3.24 Å². The molecule has 8 aromatic rings. The van der Waals surface area contributed by atoms with E-state index < -0.39 is 0 Å². The quantitative estimate of drug-likeness (QED) is 0.175. The van der Waals surface area contributed by atoms with Crippen LogP contribution in [0, 0.1) is 0 Å². The molecule has 0 unspecified atom stereocenters. The largest absolute Gasteiger partial charge is 0.310 e. The minimum Gasteiger partial charge on any atom is -0.310 e. The van der Waals surface area contributed by atoms with E-state index in [1.54, 1.807) is 0 Å². The van der Waals surface area contributed by atoms with Gasteiger partial charge < -0.3 is 4.90 Å². The Bertz CT molecular complexity index is 2380. The van der Waals surface area contributed by atoms with Crippen LogP contribution < -0.4 is 4.90 Å². The highest BCUT2D eigenvalue weighted by Gasteiger charge is 2.35. The average molecular weight is 640 g/mol. The number of rotatable bonds is 6. The highest BCUT2D eigenvalue weighted by molar-refractivity contribution is 6.10.